The maximum absolute atomic E-state index is 14.4. The van der Waals surface area contributed by atoms with E-state index in [-0.39, 0.29) is 30.1 Å². The smallest absolute Gasteiger partial charge is 0.267 e. The van der Waals surface area contributed by atoms with Gasteiger partial charge in [-0.25, -0.2) is 12.4 Å². The molecule has 4 atom stereocenters. The summed E-state index contributed by atoms with van der Waals surface area (Å²) >= 11 is 0. The molecule has 3 amide bonds. The minimum atomic E-state index is -4.02. The lowest BCUT2D eigenvalue weighted by Crippen LogP contribution is -2.50. The Hall–Kier alpha value is -5.42. The second-order valence-corrected chi connectivity index (χ2v) is 14.8. The average molecular weight is 692 g/mol. The Kier molecular flexibility index (Phi) is 10.1. The van der Waals surface area contributed by atoms with Gasteiger partial charge >= 0.3 is 0 Å². The summed E-state index contributed by atoms with van der Waals surface area (Å²) in [6.45, 7) is 5.69. The minimum absolute atomic E-state index is 0.0286. The van der Waals surface area contributed by atoms with E-state index in [9.17, 15) is 22.8 Å². The summed E-state index contributed by atoms with van der Waals surface area (Å²) in [6, 6.07) is 22.7. The van der Waals surface area contributed by atoms with E-state index in [0.717, 1.165) is 33.2 Å². The van der Waals surface area contributed by atoms with Gasteiger partial charge in [0.05, 0.1) is 29.1 Å². The lowest BCUT2D eigenvalue weighted by molar-refractivity contribution is -0.130. The van der Waals surface area contributed by atoms with E-state index in [4.69, 9.17) is 0 Å². The van der Waals surface area contributed by atoms with E-state index in [0.29, 0.717) is 5.69 Å². The number of carbonyl (C=O) groups excluding carboxylic acids is 3. The van der Waals surface area contributed by atoms with Crippen LogP contribution in [0.2, 0.25) is 0 Å². The zero-order valence-electron chi connectivity index (χ0n) is 28.2. The lowest BCUT2D eigenvalue weighted by atomic mass is 9.96. The molecule has 0 fully saturated rings. The van der Waals surface area contributed by atoms with Crippen LogP contribution in [0.4, 0.5) is 0 Å². The summed E-state index contributed by atoms with van der Waals surface area (Å²) in [4.78, 5) is 44.7. The number of carbonyl (C=O) groups is 3. The first-order chi connectivity index (χ1) is 24.0. The van der Waals surface area contributed by atoms with Crippen LogP contribution in [0.1, 0.15) is 59.8 Å². The van der Waals surface area contributed by atoms with Gasteiger partial charge in [0, 0.05) is 36.1 Å². The number of benzene rings is 3. The molecule has 11 heteroatoms. The molecular formula is C39H41N5O5S. The van der Waals surface area contributed by atoms with Gasteiger partial charge in [-0.05, 0) is 61.2 Å². The highest BCUT2D eigenvalue weighted by molar-refractivity contribution is 7.90. The fourth-order valence-electron chi connectivity index (χ4n) is 6.36. The molecule has 10 nitrogen and oxygen atoms in total. The molecule has 0 bridgehead atoms. The Balaban J connectivity index is 1.39. The van der Waals surface area contributed by atoms with Crippen LogP contribution >= 0.6 is 0 Å². The highest BCUT2D eigenvalue weighted by Gasteiger charge is 2.32. The second kappa shape index (κ2) is 14.6. The maximum Gasteiger partial charge on any atom is 0.267 e. The van der Waals surface area contributed by atoms with Crippen molar-refractivity contribution >= 4 is 38.6 Å². The van der Waals surface area contributed by atoms with Gasteiger partial charge in [-0.2, -0.15) is 0 Å². The number of hydrogen-bond acceptors (Lipinski definition) is 5. The molecule has 2 aromatic heterocycles. The van der Waals surface area contributed by atoms with E-state index < -0.39 is 45.9 Å². The van der Waals surface area contributed by atoms with Crippen LogP contribution in [-0.2, 0) is 30.8 Å². The molecule has 0 saturated heterocycles. The Morgan fingerprint density at radius 3 is 2.24 bits per heavy atom. The second-order valence-electron chi connectivity index (χ2n) is 12.9. The van der Waals surface area contributed by atoms with E-state index in [1.54, 1.807) is 48.6 Å². The topological polar surface area (TPSA) is 142 Å². The van der Waals surface area contributed by atoms with E-state index in [1.165, 1.54) is 10.2 Å². The Morgan fingerprint density at radius 1 is 0.800 bits per heavy atom. The molecule has 1 aliphatic rings. The zero-order valence-corrected chi connectivity index (χ0v) is 29.0. The van der Waals surface area contributed by atoms with Crippen molar-refractivity contribution in [2.24, 2.45) is 5.92 Å². The SMILES string of the molecule is Cc1ccc([C@@H]2CC(=O)N[C@@H](Cc3c[nH]c4ccccc34)C(=O)N[C@@H](c3cccn3S(=O)(=O)c3ccc(C)cc3)[C@@H](C)/C=C/CC(=O)N2)cc1. The highest BCUT2D eigenvalue weighted by Crippen LogP contribution is 2.29. The largest absolute Gasteiger partial charge is 0.361 e. The van der Waals surface area contributed by atoms with Gasteiger partial charge in [-0.15, -0.1) is 0 Å². The summed E-state index contributed by atoms with van der Waals surface area (Å²) in [7, 11) is -4.02. The van der Waals surface area contributed by atoms with Crippen molar-refractivity contribution in [3.05, 3.63) is 137 Å². The van der Waals surface area contributed by atoms with Gasteiger partial charge in [0.2, 0.25) is 17.7 Å². The Labute approximate surface area is 292 Å². The molecule has 0 radical (unpaired) electrons. The number of nitrogens with one attached hydrogen (secondary N) is 4. The number of nitrogens with zero attached hydrogens (tertiary/aromatic N) is 1. The molecular weight excluding hydrogens is 651 g/mol. The van der Waals surface area contributed by atoms with Crippen LogP contribution in [0.5, 0.6) is 0 Å². The Morgan fingerprint density at radius 2 is 1.50 bits per heavy atom. The molecule has 0 spiro atoms. The van der Waals surface area contributed by atoms with Gasteiger partial charge < -0.3 is 20.9 Å². The van der Waals surface area contributed by atoms with Crippen molar-refractivity contribution in [1.29, 1.82) is 0 Å². The zero-order chi connectivity index (χ0) is 35.4. The molecule has 258 valence electrons. The third kappa shape index (κ3) is 7.58. The molecule has 5 aromatic rings. The number of hydrogen-bond donors (Lipinski definition) is 4. The highest BCUT2D eigenvalue weighted by atomic mass is 32.2. The number of fused-ring (bicyclic) bond motifs is 1. The molecule has 4 N–H and O–H groups in total. The van der Waals surface area contributed by atoms with Crippen molar-refractivity contribution in [2.75, 3.05) is 0 Å². The van der Waals surface area contributed by atoms with Crippen LogP contribution in [0.15, 0.2) is 114 Å². The molecule has 1 aliphatic heterocycles. The van der Waals surface area contributed by atoms with Crippen LogP contribution in [-0.4, -0.2) is 41.1 Å². The van der Waals surface area contributed by atoms with E-state index in [1.807, 2.05) is 75.5 Å². The third-order valence-corrected chi connectivity index (χ3v) is 10.9. The van der Waals surface area contributed by atoms with Crippen LogP contribution in [0, 0.1) is 19.8 Å². The molecule has 0 saturated carbocycles. The van der Waals surface area contributed by atoms with Crippen molar-refractivity contribution in [1.82, 2.24) is 24.9 Å². The van der Waals surface area contributed by atoms with Crippen molar-refractivity contribution in [3.8, 4) is 0 Å². The number of aromatic nitrogens is 2. The molecule has 6 rings (SSSR count). The average Bonchev–Trinajstić information content (AvgIpc) is 3.75. The first kappa shape index (κ1) is 34.4. The van der Waals surface area contributed by atoms with Gasteiger partial charge in [-0.3, -0.25) is 14.4 Å². The van der Waals surface area contributed by atoms with Crippen LogP contribution < -0.4 is 16.0 Å². The van der Waals surface area contributed by atoms with Crippen LogP contribution in [0.25, 0.3) is 10.9 Å². The number of aromatic amines is 1. The molecule has 0 aliphatic carbocycles. The summed E-state index contributed by atoms with van der Waals surface area (Å²) in [5.41, 5.74) is 4.81. The first-order valence-corrected chi connectivity index (χ1v) is 18.1. The van der Waals surface area contributed by atoms with Crippen molar-refractivity contribution < 1.29 is 22.8 Å². The lowest BCUT2D eigenvalue weighted by Gasteiger charge is -2.28. The predicted octanol–water partition coefficient (Wildman–Crippen LogP) is 5.55. The van der Waals surface area contributed by atoms with Crippen molar-refractivity contribution in [2.45, 2.75) is 63.1 Å². The maximum atomic E-state index is 14.4. The number of para-hydroxylation sites is 1. The van der Waals surface area contributed by atoms with Crippen LogP contribution in [0.3, 0.4) is 0 Å². The monoisotopic (exact) mass is 691 g/mol. The van der Waals surface area contributed by atoms with Crippen molar-refractivity contribution in [3.63, 3.8) is 0 Å². The van der Waals surface area contributed by atoms with Gasteiger partial charge in [0.1, 0.15) is 6.04 Å². The summed E-state index contributed by atoms with van der Waals surface area (Å²) in [6.07, 6.45) is 6.91. The molecule has 3 aromatic carbocycles. The Bertz CT molecular complexity index is 2150. The predicted molar refractivity (Wildman–Crippen MR) is 193 cm³/mol. The normalized spacial score (nSPS) is 21.5. The molecule has 3 heterocycles. The summed E-state index contributed by atoms with van der Waals surface area (Å²) < 4.78 is 29.0. The fourth-order valence-corrected chi connectivity index (χ4v) is 7.75. The summed E-state index contributed by atoms with van der Waals surface area (Å²) in [5.74, 6) is -1.61. The number of amides is 3. The third-order valence-electron chi connectivity index (χ3n) is 9.16. The summed E-state index contributed by atoms with van der Waals surface area (Å²) in [5, 5.41) is 9.95. The van der Waals surface area contributed by atoms with Gasteiger partial charge in [0.15, 0.2) is 0 Å². The minimum Gasteiger partial charge on any atom is -0.361 e. The number of rotatable bonds is 6. The molecule has 0 unspecified atom stereocenters. The number of H-pyrrole nitrogens is 1. The van der Waals surface area contributed by atoms with Gasteiger partial charge in [-0.1, -0.05) is 84.8 Å². The quantitative estimate of drug-likeness (QED) is 0.173. The van der Waals surface area contributed by atoms with E-state index in [2.05, 4.69) is 20.9 Å². The number of aryl methyl sites for hydroxylation is 2. The first-order valence-electron chi connectivity index (χ1n) is 16.7. The molecule has 50 heavy (non-hydrogen) atoms. The fraction of sp³-hybridized carbons (Fsp3) is 0.256. The van der Waals surface area contributed by atoms with E-state index >= 15 is 0 Å². The van der Waals surface area contributed by atoms with Gasteiger partial charge in [0.25, 0.3) is 10.0 Å². The standard InChI is InChI=1S/C39H41N5O5S/c1-25-13-17-28(18-14-25)33-23-37(46)42-34(22-29-24-40-32-10-5-4-9-31(29)32)39(47)43-38(27(3)8-6-12-36(45)41-33)35-11-7-21-44(35)50(48,49)30-19-15-26(2)16-20-30/h4-11,13-21,24,27,33-34,38,40H,12,22-23H2,1-3H3,(H,41,45)(H,42,46)(H,43,47)/b8-6+/t27-,33-,34-,38+/m0/s1.